The fourth-order valence-corrected chi connectivity index (χ4v) is 2.64. The first-order chi connectivity index (χ1) is 13.9. The number of nitriles is 1. The molecule has 0 atom stereocenters. The van der Waals surface area contributed by atoms with Crippen molar-refractivity contribution in [3.05, 3.63) is 69.2 Å². The molecule has 29 heavy (non-hydrogen) atoms. The smallest absolute Gasteiger partial charge is 0.275 e. The normalized spacial score (nSPS) is 11.0. The summed E-state index contributed by atoms with van der Waals surface area (Å²) < 4.78 is 5.94. The molecule has 3 aromatic rings. The summed E-state index contributed by atoms with van der Waals surface area (Å²) in [4.78, 5) is 10.8. The van der Waals surface area contributed by atoms with Gasteiger partial charge in [-0.1, -0.05) is 6.07 Å². The highest BCUT2D eigenvalue weighted by molar-refractivity contribution is 5.74. The highest BCUT2D eigenvalue weighted by Gasteiger charge is 2.13. The molecule has 0 radical (unpaired) electrons. The summed E-state index contributed by atoms with van der Waals surface area (Å²) in [6.45, 7) is 5.85. The zero-order valence-electron chi connectivity index (χ0n) is 15.9. The number of hydrogen-bond acceptors (Lipinski definition) is 8. The lowest BCUT2D eigenvalue weighted by atomic mass is 10.1. The first-order valence-corrected chi connectivity index (χ1v) is 8.53. The summed E-state index contributed by atoms with van der Waals surface area (Å²) in [6.07, 6.45) is 1.34. The summed E-state index contributed by atoms with van der Waals surface area (Å²) in [6, 6.07) is 10.1. The van der Waals surface area contributed by atoms with Crippen LogP contribution in [-0.2, 0) is 0 Å². The van der Waals surface area contributed by atoms with Gasteiger partial charge in [0.15, 0.2) is 0 Å². The Morgan fingerprint density at radius 2 is 2.07 bits per heavy atom. The number of nitro groups is 1. The fraction of sp³-hybridized carbons (Fsp3) is 0.158. The zero-order chi connectivity index (χ0) is 21.0. The van der Waals surface area contributed by atoms with Crippen LogP contribution in [0.1, 0.15) is 22.5 Å². The Labute approximate surface area is 166 Å². The van der Waals surface area contributed by atoms with Crippen LogP contribution >= 0.6 is 0 Å². The van der Waals surface area contributed by atoms with E-state index in [0.29, 0.717) is 17.2 Å². The number of non-ortho nitro benzene ring substituents is 1. The molecule has 3 rings (SSSR count). The molecule has 0 aliphatic rings. The van der Waals surface area contributed by atoms with Crippen LogP contribution in [0.25, 0.3) is 5.57 Å². The average Bonchev–Trinajstić information content (AvgIpc) is 3.20. The highest BCUT2D eigenvalue weighted by Crippen LogP contribution is 2.33. The van der Waals surface area contributed by atoms with E-state index >= 15 is 0 Å². The van der Waals surface area contributed by atoms with E-state index in [4.69, 9.17) is 4.74 Å². The van der Waals surface area contributed by atoms with Crippen LogP contribution in [0.15, 0.2) is 36.5 Å². The van der Waals surface area contributed by atoms with Gasteiger partial charge in [0.25, 0.3) is 5.69 Å². The minimum absolute atomic E-state index is 0.104. The van der Waals surface area contributed by atoms with Crippen LogP contribution in [0.3, 0.4) is 0 Å². The number of ether oxygens (including phenoxy) is 1. The molecule has 0 aliphatic heterocycles. The van der Waals surface area contributed by atoms with Crippen LogP contribution in [0.4, 0.5) is 11.4 Å². The lowest BCUT2D eigenvalue weighted by Crippen LogP contribution is -1.97. The number of benzene rings is 2. The number of aromatic nitrogens is 4. The molecule has 0 spiro atoms. The number of aromatic amines is 1. The van der Waals surface area contributed by atoms with E-state index in [0.717, 1.165) is 16.7 Å². The Morgan fingerprint density at radius 1 is 1.28 bits per heavy atom. The summed E-state index contributed by atoms with van der Waals surface area (Å²) in [5.74, 6) is 1.02. The van der Waals surface area contributed by atoms with E-state index in [9.17, 15) is 15.4 Å². The number of nitrogens with one attached hydrogen (secondary N) is 2. The van der Waals surface area contributed by atoms with Crippen molar-refractivity contribution in [2.75, 3.05) is 5.32 Å². The van der Waals surface area contributed by atoms with Crippen LogP contribution in [-0.4, -0.2) is 25.5 Å². The molecular weight excluding hydrogens is 374 g/mol. The number of rotatable bonds is 6. The third-order valence-corrected chi connectivity index (χ3v) is 4.18. The highest BCUT2D eigenvalue weighted by atomic mass is 16.6. The van der Waals surface area contributed by atoms with Gasteiger partial charge in [-0.2, -0.15) is 10.5 Å². The molecule has 0 bridgehead atoms. The van der Waals surface area contributed by atoms with Gasteiger partial charge in [-0.25, -0.2) is 0 Å². The molecule has 1 heterocycles. The molecule has 146 valence electrons. The second-order valence-electron chi connectivity index (χ2n) is 6.33. The van der Waals surface area contributed by atoms with E-state index in [1.54, 1.807) is 6.07 Å². The number of nitrogens with zero attached hydrogens (tertiary/aromatic N) is 5. The third-order valence-electron chi connectivity index (χ3n) is 4.18. The van der Waals surface area contributed by atoms with Crippen molar-refractivity contribution >= 4 is 16.9 Å². The summed E-state index contributed by atoms with van der Waals surface area (Å²) in [5.41, 5.74) is 3.35. The van der Waals surface area contributed by atoms with Crippen LogP contribution in [0, 0.1) is 42.2 Å². The molecule has 0 aliphatic carbocycles. The lowest BCUT2D eigenvalue weighted by Gasteiger charge is -2.13. The van der Waals surface area contributed by atoms with Crippen molar-refractivity contribution in [2.45, 2.75) is 20.8 Å². The van der Waals surface area contributed by atoms with Crippen molar-refractivity contribution in [3.8, 4) is 17.6 Å². The largest absolute Gasteiger partial charge is 0.457 e. The molecular formula is C19H17N7O3. The van der Waals surface area contributed by atoms with E-state index in [1.165, 1.54) is 18.3 Å². The number of tetrazole rings is 1. The molecule has 0 amide bonds. The van der Waals surface area contributed by atoms with E-state index in [2.05, 4.69) is 25.9 Å². The minimum atomic E-state index is -0.513. The third kappa shape index (κ3) is 4.54. The predicted molar refractivity (Wildman–Crippen MR) is 105 cm³/mol. The summed E-state index contributed by atoms with van der Waals surface area (Å²) in [7, 11) is 0. The summed E-state index contributed by atoms with van der Waals surface area (Å²) >= 11 is 0. The van der Waals surface area contributed by atoms with Gasteiger partial charge in [0.1, 0.15) is 23.1 Å². The second-order valence-corrected chi connectivity index (χ2v) is 6.33. The Bertz CT molecular complexity index is 1130. The number of H-pyrrole nitrogens is 1. The molecule has 0 unspecified atom stereocenters. The molecule has 0 saturated carbocycles. The molecule has 0 fully saturated rings. The van der Waals surface area contributed by atoms with E-state index < -0.39 is 4.92 Å². The zero-order valence-corrected chi connectivity index (χ0v) is 15.9. The Kier molecular flexibility index (Phi) is 5.50. The maximum Gasteiger partial charge on any atom is 0.275 e. The Morgan fingerprint density at radius 3 is 2.72 bits per heavy atom. The van der Waals surface area contributed by atoms with Crippen LogP contribution in [0.2, 0.25) is 0 Å². The molecule has 1 aromatic heterocycles. The average molecular weight is 391 g/mol. The first-order valence-electron chi connectivity index (χ1n) is 8.53. The Hall–Kier alpha value is -4.26. The maximum atomic E-state index is 11.3. The first kappa shape index (κ1) is 19.5. The van der Waals surface area contributed by atoms with E-state index in [-0.39, 0.29) is 17.1 Å². The van der Waals surface area contributed by atoms with Gasteiger partial charge in [0.2, 0.25) is 5.82 Å². The predicted octanol–water partition coefficient (Wildman–Crippen LogP) is 3.80. The van der Waals surface area contributed by atoms with Crippen molar-refractivity contribution < 1.29 is 9.66 Å². The number of hydrogen-bond donors (Lipinski definition) is 2. The van der Waals surface area contributed by atoms with Gasteiger partial charge in [0, 0.05) is 24.0 Å². The van der Waals surface area contributed by atoms with Crippen molar-refractivity contribution in [3.63, 3.8) is 0 Å². The van der Waals surface area contributed by atoms with Gasteiger partial charge in [0.05, 0.1) is 11.0 Å². The van der Waals surface area contributed by atoms with Crippen LogP contribution < -0.4 is 10.1 Å². The van der Waals surface area contributed by atoms with Gasteiger partial charge in [-0.05, 0) is 48.7 Å². The SMILES string of the molecule is Cc1cc(C)c(C)c(Oc2cc(NC=C(C#N)c3nn[nH]n3)cc([N+](=O)[O-])c2)c1. The van der Waals surface area contributed by atoms with Gasteiger partial charge in [-0.3, -0.25) is 10.1 Å². The number of nitro benzene ring substituents is 1. The maximum absolute atomic E-state index is 11.3. The Balaban J connectivity index is 1.95. The van der Waals surface area contributed by atoms with Gasteiger partial charge in [-0.15, -0.1) is 10.2 Å². The standard InChI is InChI=1S/C19H17N7O3/c1-11-4-12(2)13(3)18(5-11)29-17-7-15(6-16(8-17)26(27)28)21-10-14(9-20)19-22-24-25-23-19/h4-8,10,21H,1-3H3,(H,22,23,24,25). The number of anilines is 1. The van der Waals surface area contributed by atoms with Gasteiger partial charge < -0.3 is 10.1 Å². The number of allylic oxidation sites excluding steroid dienone is 1. The number of aryl methyl sites for hydroxylation is 2. The van der Waals surface area contributed by atoms with Gasteiger partial charge >= 0.3 is 0 Å². The monoisotopic (exact) mass is 391 g/mol. The van der Waals surface area contributed by atoms with Crippen molar-refractivity contribution in [1.29, 1.82) is 5.26 Å². The molecule has 10 nitrogen and oxygen atoms in total. The van der Waals surface area contributed by atoms with E-state index in [1.807, 2.05) is 39.0 Å². The second kappa shape index (κ2) is 8.18. The molecule has 2 aromatic carbocycles. The molecule has 10 heteroatoms. The quantitative estimate of drug-likeness (QED) is 0.367. The van der Waals surface area contributed by atoms with Crippen molar-refractivity contribution in [2.24, 2.45) is 0 Å². The molecule has 0 saturated heterocycles. The van der Waals surface area contributed by atoms with Crippen molar-refractivity contribution in [1.82, 2.24) is 20.6 Å². The molecule has 2 N–H and O–H groups in total. The topological polar surface area (TPSA) is 143 Å². The fourth-order valence-electron chi connectivity index (χ4n) is 2.64. The lowest BCUT2D eigenvalue weighted by molar-refractivity contribution is -0.384. The summed E-state index contributed by atoms with van der Waals surface area (Å²) in [5, 5.41) is 36.6. The minimum Gasteiger partial charge on any atom is -0.457 e. The van der Waals surface area contributed by atoms with Crippen LogP contribution in [0.5, 0.6) is 11.5 Å².